The van der Waals surface area contributed by atoms with E-state index in [1.807, 2.05) is 60.7 Å². The van der Waals surface area contributed by atoms with Crippen molar-refractivity contribution in [2.75, 3.05) is 0 Å². The Kier molecular flexibility index (Phi) is 10.5. The lowest BCUT2D eigenvalue weighted by molar-refractivity contribution is 0.179. The van der Waals surface area contributed by atoms with Gasteiger partial charge in [0.05, 0.1) is 0 Å². The second kappa shape index (κ2) is 17.7. The molecule has 0 radical (unpaired) electrons. The maximum Gasteiger partial charge on any atom is 0.164 e. The van der Waals surface area contributed by atoms with Crippen molar-refractivity contribution in [2.24, 2.45) is 15.9 Å². The normalized spacial score (nSPS) is 17.9. The highest BCUT2D eigenvalue weighted by Gasteiger charge is 2.33. The first-order valence-corrected chi connectivity index (χ1v) is 24.1. The van der Waals surface area contributed by atoms with Crippen molar-refractivity contribution in [3.63, 3.8) is 0 Å². The number of nitrogens with zero attached hydrogens (tertiary/aromatic N) is 5. The molecule has 3 unspecified atom stereocenters. The Labute approximate surface area is 407 Å². The number of nitrogens with one attached hydrogen (secondary N) is 1. The maximum absolute atomic E-state index is 6.77. The summed E-state index contributed by atoms with van der Waals surface area (Å²) in [4.78, 5) is 25.6. The fourth-order valence-corrected chi connectivity index (χ4v) is 10.3. The van der Waals surface area contributed by atoms with Gasteiger partial charge in [-0.3, -0.25) is 0 Å². The van der Waals surface area contributed by atoms with E-state index in [0.29, 0.717) is 17.5 Å². The van der Waals surface area contributed by atoms with Crippen LogP contribution >= 0.6 is 0 Å². The molecule has 1 aromatic heterocycles. The van der Waals surface area contributed by atoms with Crippen LogP contribution in [0, 0.1) is 5.92 Å². The number of ether oxygens (including phenoxy) is 1. The molecule has 3 atom stereocenters. The van der Waals surface area contributed by atoms with Crippen LogP contribution < -0.4 is 10.1 Å². The van der Waals surface area contributed by atoms with Crippen LogP contribution in [0.1, 0.15) is 57.1 Å². The molecule has 9 aromatic rings. The number of amidine groups is 2. The van der Waals surface area contributed by atoms with E-state index >= 15 is 0 Å². The first-order chi connectivity index (χ1) is 34.6. The van der Waals surface area contributed by atoms with E-state index in [4.69, 9.17) is 29.7 Å². The molecule has 0 fully saturated rings. The summed E-state index contributed by atoms with van der Waals surface area (Å²) in [5.41, 5.74) is 14.2. The van der Waals surface area contributed by atoms with Gasteiger partial charge in [-0.25, -0.2) is 24.9 Å². The van der Waals surface area contributed by atoms with Crippen LogP contribution in [0.3, 0.4) is 0 Å². The van der Waals surface area contributed by atoms with Crippen LogP contribution in [0.5, 0.6) is 5.75 Å². The first kappa shape index (κ1) is 41.4. The first-order valence-electron chi connectivity index (χ1n) is 24.1. The molecule has 0 saturated heterocycles. The van der Waals surface area contributed by atoms with Crippen LogP contribution in [0.4, 0.5) is 0 Å². The van der Waals surface area contributed by atoms with Gasteiger partial charge in [0.1, 0.15) is 23.9 Å². The second-order valence-corrected chi connectivity index (χ2v) is 18.3. The van der Waals surface area contributed by atoms with Crippen LogP contribution in [0.2, 0.25) is 0 Å². The van der Waals surface area contributed by atoms with Crippen LogP contribution in [0.15, 0.2) is 222 Å². The van der Waals surface area contributed by atoms with Crippen molar-refractivity contribution in [1.29, 1.82) is 0 Å². The van der Waals surface area contributed by atoms with Gasteiger partial charge in [-0.05, 0) is 98.8 Å². The van der Waals surface area contributed by atoms with E-state index in [-0.39, 0.29) is 12.0 Å². The quantitative estimate of drug-likeness (QED) is 0.164. The molecule has 8 aromatic carbocycles. The van der Waals surface area contributed by atoms with Crippen LogP contribution in [-0.4, -0.2) is 32.7 Å². The third-order valence-electron chi connectivity index (χ3n) is 13.8. The number of benzene rings is 8. The van der Waals surface area contributed by atoms with Crippen LogP contribution in [0.25, 0.3) is 62.2 Å². The van der Waals surface area contributed by atoms with E-state index in [1.54, 1.807) is 0 Å². The molecule has 7 nitrogen and oxygen atoms in total. The lowest BCUT2D eigenvalue weighted by Gasteiger charge is -2.35. The highest BCUT2D eigenvalue weighted by atomic mass is 16.5. The number of aromatic nitrogens is 3. The highest BCUT2D eigenvalue weighted by Crippen LogP contribution is 2.43. The molecule has 334 valence electrons. The number of rotatable bonds is 8. The summed E-state index contributed by atoms with van der Waals surface area (Å²) in [5.74, 6) is 4.50. The van der Waals surface area contributed by atoms with Gasteiger partial charge in [-0.2, -0.15) is 0 Å². The summed E-state index contributed by atoms with van der Waals surface area (Å²) in [6.45, 7) is 0. The molecule has 2 aliphatic heterocycles. The summed E-state index contributed by atoms with van der Waals surface area (Å²) in [6.07, 6.45) is 11.6. The molecule has 7 heteroatoms. The van der Waals surface area contributed by atoms with Crippen molar-refractivity contribution < 1.29 is 4.74 Å². The topological polar surface area (TPSA) is 84.7 Å². The van der Waals surface area contributed by atoms with Gasteiger partial charge in [-0.15, -0.1) is 0 Å². The smallest absolute Gasteiger partial charge is 0.164 e. The van der Waals surface area contributed by atoms with Crippen molar-refractivity contribution in [1.82, 2.24) is 20.3 Å². The largest absolute Gasteiger partial charge is 0.485 e. The summed E-state index contributed by atoms with van der Waals surface area (Å²) in [5, 5.41) is 6.11. The van der Waals surface area contributed by atoms with Crippen LogP contribution in [-0.2, 0) is 12.8 Å². The standard InChI is InChI=1S/C63H46N6O/c1-3-17-43(18-4-1)58-64-59(44-19-5-2-6-20-44)66-60(65-58)45-32-30-42(31-33-45)55-39-57-51(37-48-22-10-12-28-56(48)70-57)38-54(55)47-24-13-25-49(36-47)61-67-62(50-34-29-40-15-7-8-21-46(40)35-50)69-63(68-61)53-27-14-23-41-16-9-11-26-52(41)53/h1-7,9-20,22-36,38-39,51,57,61H,8,21,37H2,(H,67,68,69). The van der Waals surface area contributed by atoms with Crippen molar-refractivity contribution in [3.05, 3.63) is 257 Å². The van der Waals surface area contributed by atoms with Gasteiger partial charge in [-0.1, -0.05) is 194 Å². The van der Waals surface area contributed by atoms with E-state index in [1.165, 1.54) is 22.1 Å². The van der Waals surface area contributed by atoms with Gasteiger partial charge >= 0.3 is 0 Å². The summed E-state index contributed by atoms with van der Waals surface area (Å²) >= 11 is 0. The molecule has 0 amide bonds. The molecular weight excluding hydrogens is 857 g/mol. The predicted molar refractivity (Wildman–Crippen MR) is 283 cm³/mol. The average Bonchev–Trinajstić information content (AvgIpc) is 3.44. The zero-order chi connectivity index (χ0) is 46.4. The van der Waals surface area contributed by atoms with E-state index in [0.717, 1.165) is 97.7 Å². The fourth-order valence-electron chi connectivity index (χ4n) is 10.3. The van der Waals surface area contributed by atoms with Gasteiger partial charge in [0.2, 0.25) is 0 Å². The van der Waals surface area contributed by atoms with Gasteiger partial charge in [0.25, 0.3) is 0 Å². The number of hydrogen-bond acceptors (Lipinski definition) is 7. The zero-order valence-electron chi connectivity index (χ0n) is 38.3. The van der Waals surface area contributed by atoms with E-state index in [2.05, 4.69) is 163 Å². The Hall–Kier alpha value is -8.81. The number of fused-ring (bicyclic) bond motifs is 4. The van der Waals surface area contributed by atoms with Crippen molar-refractivity contribution >= 4 is 39.7 Å². The molecular formula is C63H46N6O. The molecule has 2 aliphatic carbocycles. The molecule has 3 heterocycles. The Morgan fingerprint density at radius 2 is 1.16 bits per heavy atom. The predicted octanol–water partition coefficient (Wildman–Crippen LogP) is 13.6. The lowest BCUT2D eigenvalue weighted by Crippen LogP contribution is -2.34. The number of para-hydroxylation sites is 1. The van der Waals surface area contributed by atoms with Gasteiger partial charge in [0.15, 0.2) is 23.3 Å². The average molecular weight is 903 g/mol. The maximum atomic E-state index is 6.77. The van der Waals surface area contributed by atoms with Crippen molar-refractivity contribution in [3.8, 4) is 39.9 Å². The third-order valence-corrected chi connectivity index (χ3v) is 13.8. The number of aliphatic imine (C=N–C) groups is 2. The monoisotopic (exact) mass is 902 g/mol. The van der Waals surface area contributed by atoms with Crippen molar-refractivity contribution in [2.45, 2.75) is 31.5 Å². The SMILES string of the molecule is C1=Cc2ccc(C3=NC(c4cccc(C5=CC6Cc7ccccc7OC6C=C5c5ccc(-c6nc(-c7ccccc7)nc(-c7ccccc7)n6)cc5)c4)NC(c4cccc5ccccc45)=N3)cc2CC1. The number of aryl methyl sites for hydroxylation is 1. The lowest BCUT2D eigenvalue weighted by atomic mass is 9.78. The second-order valence-electron chi connectivity index (χ2n) is 18.3. The molecule has 0 saturated carbocycles. The molecule has 1 N–H and O–H groups in total. The summed E-state index contributed by atoms with van der Waals surface area (Å²) in [7, 11) is 0. The fraction of sp³-hybridized carbons (Fsp3) is 0.0952. The minimum absolute atomic E-state index is 0.124. The van der Waals surface area contributed by atoms with E-state index in [9.17, 15) is 0 Å². The third kappa shape index (κ3) is 7.91. The van der Waals surface area contributed by atoms with Gasteiger partial charge < -0.3 is 10.1 Å². The number of hydrogen-bond donors (Lipinski definition) is 1. The summed E-state index contributed by atoms with van der Waals surface area (Å²) < 4.78 is 6.77. The zero-order valence-corrected chi connectivity index (χ0v) is 38.3. The molecule has 13 rings (SSSR count). The molecule has 0 spiro atoms. The Bertz CT molecular complexity index is 3590. The Balaban J connectivity index is 0.893. The summed E-state index contributed by atoms with van der Waals surface area (Å²) in [6, 6.07) is 67.7. The Morgan fingerprint density at radius 3 is 1.96 bits per heavy atom. The number of allylic oxidation sites excluding steroid dienone is 3. The minimum Gasteiger partial charge on any atom is -0.485 e. The Morgan fingerprint density at radius 1 is 0.514 bits per heavy atom. The molecule has 4 aliphatic rings. The van der Waals surface area contributed by atoms with Gasteiger partial charge in [0, 0.05) is 33.7 Å². The van der Waals surface area contributed by atoms with E-state index < -0.39 is 6.17 Å². The minimum atomic E-state index is -0.396. The highest BCUT2D eigenvalue weighted by molar-refractivity contribution is 6.17. The molecule has 0 bridgehead atoms. The molecule has 70 heavy (non-hydrogen) atoms.